The highest BCUT2D eigenvalue weighted by Gasteiger charge is 2.17. The van der Waals surface area contributed by atoms with Crippen LogP contribution in [0.2, 0.25) is 5.02 Å². The second-order valence-electron chi connectivity index (χ2n) is 6.29. The molecule has 0 N–H and O–H groups in total. The van der Waals surface area contributed by atoms with Crippen molar-refractivity contribution >= 4 is 23.4 Å². The zero-order valence-electron chi connectivity index (χ0n) is 15.4. The number of hydrogen-bond acceptors (Lipinski definition) is 4. The summed E-state index contributed by atoms with van der Waals surface area (Å²) < 4.78 is 8.04. The maximum Gasteiger partial charge on any atom is 0.191 e. The number of thioether (sulfide) groups is 1. The van der Waals surface area contributed by atoms with Crippen LogP contribution in [0.4, 0.5) is 0 Å². The largest absolute Gasteiger partial charge is 0.483 e. The Hall–Kier alpha value is -1.98. The summed E-state index contributed by atoms with van der Waals surface area (Å²) >= 11 is 7.84. The molecule has 1 heterocycles. The van der Waals surface area contributed by atoms with Crippen molar-refractivity contribution in [3.8, 4) is 5.75 Å². The van der Waals surface area contributed by atoms with Crippen LogP contribution < -0.4 is 4.74 Å². The van der Waals surface area contributed by atoms with Crippen molar-refractivity contribution in [1.29, 1.82) is 0 Å². The highest BCUT2D eigenvalue weighted by molar-refractivity contribution is 7.98. The first-order chi connectivity index (χ1) is 12.5. The van der Waals surface area contributed by atoms with Crippen LogP contribution in [0.1, 0.15) is 35.5 Å². The van der Waals surface area contributed by atoms with Crippen molar-refractivity contribution in [1.82, 2.24) is 14.8 Å². The number of benzene rings is 2. The third kappa shape index (κ3) is 4.22. The van der Waals surface area contributed by atoms with Gasteiger partial charge in [-0.25, -0.2) is 0 Å². The second-order valence-corrected chi connectivity index (χ2v) is 7.64. The van der Waals surface area contributed by atoms with Crippen molar-refractivity contribution in [2.24, 2.45) is 7.05 Å². The minimum atomic E-state index is -0.190. The zero-order chi connectivity index (χ0) is 18.7. The van der Waals surface area contributed by atoms with Crippen molar-refractivity contribution in [3.05, 3.63) is 70.0 Å². The molecule has 0 radical (unpaired) electrons. The van der Waals surface area contributed by atoms with Gasteiger partial charge in [-0.05, 0) is 55.7 Å². The smallest absolute Gasteiger partial charge is 0.191 e. The molecule has 0 aliphatic carbocycles. The molecule has 0 fully saturated rings. The van der Waals surface area contributed by atoms with E-state index in [4.69, 9.17) is 16.3 Å². The Morgan fingerprint density at radius 1 is 1.12 bits per heavy atom. The Bertz CT molecular complexity index is 910. The first-order valence-corrected chi connectivity index (χ1v) is 9.81. The van der Waals surface area contributed by atoms with Crippen molar-refractivity contribution in [2.45, 2.75) is 37.8 Å². The number of hydrogen-bond donors (Lipinski definition) is 0. The first kappa shape index (κ1) is 18.8. The highest BCUT2D eigenvalue weighted by Crippen LogP contribution is 2.28. The molecule has 3 aromatic rings. The number of ether oxygens (including phenoxy) is 1. The Balaban J connectivity index is 1.69. The summed E-state index contributed by atoms with van der Waals surface area (Å²) in [5.41, 5.74) is 3.55. The Morgan fingerprint density at radius 2 is 1.88 bits per heavy atom. The summed E-state index contributed by atoms with van der Waals surface area (Å²) in [4.78, 5) is 0. The van der Waals surface area contributed by atoms with E-state index in [1.54, 1.807) is 11.8 Å². The molecule has 1 atom stereocenters. The summed E-state index contributed by atoms with van der Waals surface area (Å²) in [5.74, 6) is 2.39. The molecule has 0 aliphatic rings. The maximum absolute atomic E-state index is 6.22. The third-order valence-corrected chi connectivity index (χ3v) is 5.78. The molecular formula is C20H22ClN3OS. The van der Waals surface area contributed by atoms with Gasteiger partial charge in [-0.3, -0.25) is 0 Å². The van der Waals surface area contributed by atoms with Gasteiger partial charge in [-0.2, -0.15) is 0 Å². The van der Waals surface area contributed by atoms with Crippen LogP contribution in [0.15, 0.2) is 47.6 Å². The number of nitrogens with zero attached hydrogens (tertiary/aromatic N) is 3. The summed E-state index contributed by atoms with van der Waals surface area (Å²) in [6.45, 7) is 6.16. The molecule has 0 saturated heterocycles. The van der Waals surface area contributed by atoms with Gasteiger partial charge in [0.25, 0.3) is 0 Å². The maximum atomic E-state index is 6.22. The van der Waals surface area contributed by atoms with Crippen LogP contribution in [0, 0.1) is 13.8 Å². The van der Waals surface area contributed by atoms with Gasteiger partial charge in [-0.15, -0.1) is 10.2 Å². The van der Waals surface area contributed by atoms with E-state index >= 15 is 0 Å². The molecule has 0 spiro atoms. The van der Waals surface area contributed by atoms with Crippen LogP contribution in [-0.4, -0.2) is 14.8 Å². The van der Waals surface area contributed by atoms with Crippen LogP contribution in [0.3, 0.4) is 0 Å². The van der Waals surface area contributed by atoms with Crippen molar-refractivity contribution in [2.75, 3.05) is 0 Å². The topological polar surface area (TPSA) is 39.9 Å². The molecular weight excluding hydrogens is 366 g/mol. The minimum absolute atomic E-state index is 0.190. The van der Waals surface area contributed by atoms with E-state index in [2.05, 4.69) is 36.2 Å². The molecule has 0 saturated carbocycles. The third-order valence-electron chi connectivity index (χ3n) is 4.34. The average Bonchev–Trinajstić information content (AvgIpc) is 2.98. The van der Waals surface area contributed by atoms with Gasteiger partial charge in [0.2, 0.25) is 0 Å². The lowest BCUT2D eigenvalue weighted by Crippen LogP contribution is -2.10. The Morgan fingerprint density at radius 3 is 2.62 bits per heavy atom. The van der Waals surface area contributed by atoms with E-state index in [1.807, 2.05) is 48.9 Å². The Labute approximate surface area is 163 Å². The second kappa shape index (κ2) is 8.14. The average molecular weight is 388 g/mol. The van der Waals surface area contributed by atoms with Gasteiger partial charge >= 0.3 is 0 Å². The van der Waals surface area contributed by atoms with Gasteiger partial charge < -0.3 is 9.30 Å². The lowest BCUT2D eigenvalue weighted by Gasteiger charge is -2.15. The number of aromatic nitrogens is 3. The van der Waals surface area contributed by atoms with E-state index < -0.39 is 0 Å². The molecule has 136 valence electrons. The summed E-state index contributed by atoms with van der Waals surface area (Å²) in [7, 11) is 1.96. The monoisotopic (exact) mass is 387 g/mol. The Kier molecular flexibility index (Phi) is 5.89. The quantitative estimate of drug-likeness (QED) is 0.522. The van der Waals surface area contributed by atoms with Crippen LogP contribution in [0.5, 0.6) is 5.75 Å². The van der Waals surface area contributed by atoms with E-state index in [-0.39, 0.29) is 6.10 Å². The van der Waals surface area contributed by atoms with Crippen LogP contribution in [0.25, 0.3) is 0 Å². The zero-order valence-corrected chi connectivity index (χ0v) is 16.9. The fourth-order valence-corrected chi connectivity index (χ4v) is 3.81. The summed E-state index contributed by atoms with van der Waals surface area (Å²) in [5, 5.41) is 10.2. The first-order valence-electron chi connectivity index (χ1n) is 8.45. The van der Waals surface area contributed by atoms with Crippen molar-refractivity contribution < 1.29 is 4.74 Å². The predicted molar refractivity (Wildman–Crippen MR) is 107 cm³/mol. The molecule has 0 bridgehead atoms. The number of aryl methyl sites for hydroxylation is 2. The van der Waals surface area contributed by atoms with Gasteiger partial charge in [0.05, 0.1) is 0 Å². The minimum Gasteiger partial charge on any atom is -0.483 e. The van der Waals surface area contributed by atoms with E-state index in [0.29, 0.717) is 0 Å². The summed E-state index contributed by atoms with van der Waals surface area (Å²) in [6.07, 6.45) is -0.190. The fraction of sp³-hybridized carbons (Fsp3) is 0.300. The van der Waals surface area contributed by atoms with Crippen molar-refractivity contribution in [3.63, 3.8) is 0 Å². The van der Waals surface area contributed by atoms with Gasteiger partial charge in [0.1, 0.15) is 5.75 Å². The molecule has 1 unspecified atom stereocenters. The molecule has 6 heteroatoms. The molecule has 0 amide bonds. The summed E-state index contributed by atoms with van der Waals surface area (Å²) in [6, 6.07) is 14.0. The fourth-order valence-electron chi connectivity index (χ4n) is 2.61. The molecule has 1 aromatic heterocycles. The van der Waals surface area contributed by atoms with Gasteiger partial charge in [-0.1, -0.05) is 47.6 Å². The van der Waals surface area contributed by atoms with Gasteiger partial charge in [0, 0.05) is 17.8 Å². The predicted octanol–water partition coefficient (Wildman–Crippen LogP) is 5.52. The molecule has 0 aliphatic heterocycles. The van der Waals surface area contributed by atoms with E-state index in [1.165, 1.54) is 11.1 Å². The number of rotatable bonds is 6. The van der Waals surface area contributed by atoms with E-state index in [0.717, 1.165) is 33.1 Å². The van der Waals surface area contributed by atoms with Crippen LogP contribution in [-0.2, 0) is 12.8 Å². The van der Waals surface area contributed by atoms with E-state index in [9.17, 15) is 0 Å². The molecule has 3 rings (SSSR count). The molecule has 2 aromatic carbocycles. The molecule has 26 heavy (non-hydrogen) atoms. The lowest BCUT2D eigenvalue weighted by atomic mass is 10.1. The van der Waals surface area contributed by atoms with Crippen LogP contribution >= 0.6 is 23.4 Å². The SMILES string of the molecule is Cc1ccc(OC(C)c2nnc(SCc3ccccc3Cl)n2C)cc1C. The normalized spacial score (nSPS) is 12.2. The number of halogens is 1. The highest BCUT2D eigenvalue weighted by atomic mass is 35.5. The van der Waals surface area contributed by atoms with Gasteiger partial charge in [0.15, 0.2) is 17.1 Å². The molecule has 4 nitrogen and oxygen atoms in total. The standard InChI is InChI=1S/C20H22ClN3OS/c1-13-9-10-17(11-14(13)2)25-15(3)19-22-23-20(24(19)4)26-12-16-7-5-6-8-18(16)21/h5-11,15H,12H2,1-4H3. The lowest BCUT2D eigenvalue weighted by molar-refractivity contribution is 0.211.